The number of nitrogens with one attached hydrogen (secondary N) is 1. The molecule has 3 N–H and O–H groups in total. The fraction of sp³-hybridized carbons (Fsp3) is 0.667. The Bertz CT molecular complexity index is 392. The molecule has 0 saturated carbocycles. The van der Waals surface area contributed by atoms with E-state index in [0.717, 1.165) is 43.8 Å². The Morgan fingerprint density at radius 1 is 1.44 bits per heavy atom. The van der Waals surface area contributed by atoms with Crippen LogP contribution >= 0.6 is 0 Å². The quantitative estimate of drug-likeness (QED) is 0.805. The van der Waals surface area contributed by atoms with Crippen molar-refractivity contribution >= 4 is 11.6 Å². The SMILES string of the molecule is Cc1nc(NC(C)CN)cc(N2CCOCC2)n1. The molecule has 18 heavy (non-hydrogen) atoms. The number of aryl methyl sites for hydroxylation is 1. The first-order valence-corrected chi connectivity index (χ1v) is 6.34. The van der Waals surface area contributed by atoms with Gasteiger partial charge < -0.3 is 20.7 Å². The molecule has 1 aromatic rings. The highest BCUT2D eigenvalue weighted by Crippen LogP contribution is 2.17. The van der Waals surface area contributed by atoms with Crippen molar-refractivity contribution in [3.63, 3.8) is 0 Å². The van der Waals surface area contributed by atoms with Crippen molar-refractivity contribution in [3.8, 4) is 0 Å². The van der Waals surface area contributed by atoms with Gasteiger partial charge in [0.2, 0.25) is 0 Å². The summed E-state index contributed by atoms with van der Waals surface area (Å²) in [5.74, 6) is 2.56. The molecule has 0 radical (unpaired) electrons. The average Bonchev–Trinajstić information content (AvgIpc) is 2.39. The highest BCUT2D eigenvalue weighted by Gasteiger charge is 2.14. The molecule has 1 atom stereocenters. The Morgan fingerprint density at radius 3 is 2.83 bits per heavy atom. The summed E-state index contributed by atoms with van der Waals surface area (Å²) < 4.78 is 5.35. The van der Waals surface area contributed by atoms with Crippen molar-refractivity contribution in [1.82, 2.24) is 9.97 Å². The number of anilines is 2. The van der Waals surface area contributed by atoms with Gasteiger partial charge in [0.1, 0.15) is 17.5 Å². The van der Waals surface area contributed by atoms with Gasteiger partial charge in [0.25, 0.3) is 0 Å². The Kier molecular flexibility index (Phi) is 4.33. The largest absolute Gasteiger partial charge is 0.378 e. The van der Waals surface area contributed by atoms with E-state index in [1.165, 1.54) is 0 Å². The number of rotatable bonds is 4. The molecule has 1 saturated heterocycles. The third-order valence-electron chi connectivity index (χ3n) is 2.91. The highest BCUT2D eigenvalue weighted by molar-refractivity contribution is 5.50. The van der Waals surface area contributed by atoms with Crippen LogP contribution in [0.5, 0.6) is 0 Å². The lowest BCUT2D eigenvalue weighted by Gasteiger charge is -2.28. The lowest BCUT2D eigenvalue weighted by Crippen LogP contribution is -2.37. The van der Waals surface area contributed by atoms with Gasteiger partial charge in [0, 0.05) is 31.7 Å². The van der Waals surface area contributed by atoms with Crippen LogP contribution in [0.1, 0.15) is 12.7 Å². The summed E-state index contributed by atoms with van der Waals surface area (Å²) in [4.78, 5) is 11.1. The Balaban J connectivity index is 2.14. The van der Waals surface area contributed by atoms with Crippen molar-refractivity contribution in [3.05, 3.63) is 11.9 Å². The van der Waals surface area contributed by atoms with Gasteiger partial charge in [-0.2, -0.15) is 0 Å². The number of aromatic nitrogens is 2. The fourth-order valence-corrected chi connectivity index (χ4v) is 1.89. The summed E-state index contributed by atoms with van der Waals surface area (Å²) in [5, 5.41) is 3.28. The van der Waals surface area contributed by atoms with Gasteiger partial charge in [-0.25, -0.2) is 9.97 Å². The second-order valence-corrected chi connectivity index (χ2v) is 4.54. The molecule has 2 rings (SSSR count). The zero-order valence-corrected chi connectivity index (χ0v) is 11.0. The second-order valence-electron chi connectivity index (χ2n) is 4.54. The molecule has 0 bridgehead atoms. The minimum absolute atomic E-state index is 0.205. The maximum absolute atomic E-state index is 5.61. The van der Waals surface area contributed by atoms with E-state index >= 15 is 0 Å². The highest BCUT2D eigenvalue weighted by atomic mass is 16.5. The molecule has 0 spiro atoms. The van der Waals surface area contributed by atoms with Gasteiger partial charge >= 0.3 is 0 Å². The number of nitrogens with zero attached hydrogens (tertiary/aromatic N) is 3. The van der Waals surface area contributed by atoms with Crippen LogP contribution in [0.4, 0.5) is 11.6 Å². The van der Waals surface area contributed by atoms with E-state index in [1.807, 2.05) is 19.9 Å². The Hall–Kier alpha value is -1.40. The van der Waals surface area contributed by atoms with Crippen LogP contribution in [0.2, 0.25) is 0 Å². The summed E-state index contributed by atoms with van der Waals surface area (Å²) in [6.07, 6.45) is 0. The smallest absolute Gasteiger partial charge is 0.134 e. The molecule has 1 unspecified atom stereocenters. The van der Waals surface area contributed by atoms with Gasteiger partial charge in [-0.05, 0) is 13.8 Å². The second kappa shape index (κ2) is 5.97. The molecular weight excluding hydrogens is 230 g/mol. The number of hydrogen-bond donors (Lipinski definition) is 2. The van der Waals surface area contributed by atoms with E-state index in [4.69, 9.17) is 10.5 Å². The predicted octanol–water partition coefficient (Wildman–Crippen LogP) is 0.381. The third kappa shape index (κ3) is 3.30. The summed E-state index contributed by atoms with van der Waals surface area (Å²) in [6, 6.07) is 2.18. The average molecular weight is 251 g/mol. The van der Waals surface area contributed by atoms with E-state index in [0.29, 0.717) is 6.54 Å². The number of nitrogens with two attached hydrogens (primary N) is 1. The van der Waals surface area contributed by atoms with Crippen molar-refractivity contribution < 1.29 is 4.74 Å². The standard InChI is InChI=1S/C12H21N5O/c1-9(8-13)14-11-7-12(16-10(2)15-11)17-3-5-18-6-4-17/h7,9H,3-6,8,13H2,1-2H3,(H,14,15,16). The molecule has 1 aromatic heterocycles. The third-order valence-corrected chi connectivity index (χ3v) is 2.91. The number of ether oxygens (including phenoxy) is 1. The van der Waals surface area contributed by atoms with Crippen LogP contribution in [-0.2, 0) is 4.74 Å². The molecule has 0 amide bonds. The summed E-state index contributed by atoms with van der Waals surface area (Å²) in [7, 11) is 0. The van der Waals surface area contributed by atoms with Crippen LogP contribution in [0.25, 0.3) is 0 Å². The van der Waals surface area contributed by atoms with Crippen LogP contribution in [0.15, 0.2) is 6.07 Å². The minimum atomic E-state index is 0.205. The van der Waals surface area contributed by atoms with Crippen molar-refractivity contribution in [2.45, 2.75) is 19.9 Å². The van der Waals surface area contributed by atoms with E-state index in [9.17, 15) is 0 Å². The summed E-state index contributed by atoms with van der Waals surface area (Å²) in [5.41, 5.74) is 5.61. The Morgan fingerprint density at radius 2 is 2.17 bits per heavy atom. The van der Waals surface area contributed by atoms with Gasteiger partial charge in [-0.1, -0.05) is 0 Å². The zero-order valence-electron chi connectivity index (χ0n) is 11.0. The first-order valence-electron chi connectivity index (χ1n) is 6.34. The summed E-state index contributed by atoms with van der Waals surface area (Å²) in [6.45, 7) is 7.78. The molecule has 6 heteroatoms. The lowest BCUT2D eigenvalue weighted by molar-refractivity contribution is 0.122. The minimum Gasteiger partial charge on any atom is -0.378 e. The Labute approximate surface area is 108 Å². The fourth-order valence-electron chi connectivity index (χ4n) is 1.89. The van der Waals surface area contributed by atoms with Crippen LogP contribution in [0.3, 0.4) is 0 Å². The van der Waals surface area contributed by atoms with E-state index < -0.39 is 0 Å². The maximum Gasteiger partial charge on any atom is 0.134 e. The van der Waals surface area contributed by atoms with Gasteiger partial charge in [-0.3, -0.25) is 0 Å². The molecule has 2 heterocycles. The normalized spacial score (nSPS) is 17.6. The van der Waals surface area contributed by atoms with Gasteiger partial charge in [0.05, 0.1) is 13.2 Å². The molecule has 100 valence electrons. The zero-order chi connectivity index (χ0) is 13.0. The molecule has 1 fully saturated rings. The number of hydrogen-bond acceptors (Lipinski definition) is 6. The first-order chi connectivity index (χ1) is 8.69. The monoisotopic (exact) mass is 251 g/mol. The van der Waals surface area contributed by atoms with E-state index in [2.05, 4.69) is 20.2 Å². The van der Waals surface area contributed by atoms with Gasteiger partial charge in [0.15, 0.2) is 0 Å². The van der Waals surface area contributed by atoms with Crippen molar-refractivity contribution in [2.75, 3.05) is 43.1 Å². The summed E-state index contributed by atoms with van der Waals surface area (Å²) >= 11 is 0. The van der Waals surface area contributed by atoms with Crippen molar-refractivity contribution in [2.24, 2.45) is 5.73 Å². The van der Waals surface area contributed by atoms with E-state index in [-0.39, 0.29) is 6.04 Å². The topological polar surface area (TPSA) is 76.3 Å². The van der Waals surface area contributed by atoms with Crippen molar-refractivity contribution in [1.29, 1.82) is 0 Å². The molecule has 6 nitrogen and oxygen atoms in total. The van der Waals surface area contributed by atoms with Crippen LogP contribution in [-0.4, -0.2) is 48.9 Å². The molecule has 1 aliphatic heterocycles. The first kappa shape index (κ1) is 13.0. The van der Waals surface area contributed by atoms with Gasteiger partial charge in [-0.15, -0.1) is 0 Å². The van der Waals surface area contributed by atoms with E-state index in [1.54, 1.807) is 0 Å². The maximum atomic E-state index is 5.61. The molecule has 0 aromatic carbocycles. The molecule has 0 aliphatic carbocycles. The molecular formula is C12H21N5O. The predicted molar refractivity (Wildman–Crippen MR) is 71.9 cm³/mol. The van der Waals surface area contributed by atoms with Crippen LogP contribution in [0, 0.1) is 6.92 Å². The molecule has 1 aliphatic rings. The lowest BCUT2D eigenvalue weighted by atomic mass is 10.3. The number of morpholine rings is 1. The van der Waals surface area contributed by atoms with Crippen LogP contribution < -0.4 is 16.0 Å².